The summed E-state index contributed by atoms with van der Waals surface area (Å²) < 4.78 is 12.3. The summed E-state index contributed by atoms with van der Waals surface area (Å²) in [6, 6.07) is 10.3. The molecule has 1 aromatic rings. The van der Waals surface area contributed by atoms with Crippen LogP contribution in [0.2, 0.25) is 0 Å². The van der Waals surface area contributed by atoms with Gasteiger partial charge in [0, 0.05) is 11.5 Å². The summed E-state index contributed by atoms with van der Waals surface area (Å²) in [7, 11) is 0. The first-order valence-corrected chi connectivity index (χ1v) is 6.82. The van der Waals surface area contributed by atoms with E-state index in [1.165, 1.54) is 0 Å². The SMILES string of the molecule is CC1(C)Oc2ccccc2[C@H]2O[C@](C)(C#N)CC[C@H]21. The Morgan fingerprint density at radius 3 is 2.74 bits per heavy atom. The number of hydrogen-bond acceptors (Lipinski definition) is 3. The van der Waals surface area contributed by atoms with Crippen LogP contribution in [0, 0.1) is 17.2 Å². The lowest BCUT2D eigenvalue weighted by Crippen LogP contribution is -2.50. The molecule has 0 radical (unpaired) electrons. The van der Waals surface area contributed by atoms with E-state index in [-0.39, 0.29) is 11.7 Å². The summed E-state index contributed by atoms with van der Waals surface area (Å²) in [4.78, 5) is 0. The molecular weight excluding hydrogens is 238 g/mol. The maximum absolute atomic E-state index is 9.31. The van der Waals surface area contributed by atoms with Crippen LogP contribution in [0.1, 0.15) is 45.3 Å². The van der Waals surface area contributed by atoms with Gasteiger partial charge >= 0.3 is 0 Å². The molecule has 0 aromatic heterocycles. The molecule has 0 N–H and O–H groups in total. The number of benzene rings is 1. The number of hydrogen-bond donors (Lipinski definition) is 0. The predicted octanol–water partition coefficient (Wildman–Crippen LogP) is 3.61. The molecule has 0 bridgehead atoms. The second kappa shape index (κ2) is 3.98. The standard InChI is InChI=1S/C16H19NO2/c1-15(2)12-8-9-16(3,10-17)19-14(12)11-6-4-5-7-13(11)18-15/h4-7,12,14H,8-9H2,1-3H3/t12-,14-,16+/m1/s1. The number of fused-ring (bicyclic) bond motifs is 3. The van der Waals surface area contributed by atoms with Gasteiger partial charge in [-0.3, -0.25) is 0 Å². The molecule has 1 fully saturated rings. The van der Waals surface area contributed by atoms with Crippen LogP contribution < -0.4 is 4.74 Å². The second-order valence-corrected chi connectivity index (χ2v) is 6.27. The van der Waals surface area contributed by atoms with Crippen molar-refractivity contribution in [2.24, 2.45) is 5.92 Å². The third kappa shape index (κ3) is 1.91. The Bertz CT molecular complexity index is 546. The highest BCUT2D eigenvalue weighted by Gasteiger charge is 2.50. The first-order chi connectivity index (χ1) is 8.95. The van der Waals surface area contributed by atoms with E-state index in [0.717, 1.165) is 24.2 Å². The molecule has 0 aliphatic carbocycles. The summed E-state index contributed by atoms with van der Waals surface area (Å²) in [5.41, 5.74) is 0.144. The van der Waals surface area contributed by atoms with Crippen molar-refractivity contribution < 1.29 is 9.47 Å². The Morgan fingerprint density at radius 1 is 1.26 bits per heavy atom. The largest absolute Gasteiger partial charge is 0.487 e. The molecule has 1 aromatic carbocycles. The van der Waals surface area contributed by atoms with Gasteiger partial charge < -0.3 is 9.47 Å². The minimum atomic E-state index is -0.679. The third-order valence-corrected chi connectivity index (χ3v) is 4.41. The molecule has 2 heterocycles. The number of rotatable bonds is 0. The van der Waals surface area contributed by atoms with Crippen LogP contribution in [0.3, 0.4) is 0 Å². The molecule has 2 aliphatic rings. The van der Waals surface area contributed by atoms with Crippen LogP contribution >= 0.6 is 0 Å². The molecular formula is C16H19NO2. The highest BCUT2D eigenvalue weighted by molar-refractivity contribution is 5.39. The predicted molar refractivity (Wildman–Crippen MR) is 71.7 cm³/mol. The summed E-state index contributed by atoms with van der Waals surface area (Å²) in [5.74, 6) is 1.18. The summed E-state index contributed by atoms with van der Waals surface area (Å²) in [6.07, 6.45) is 1.67. The van der Waals surface area contributed by atoms with E-state index in [9.17, 15) is 5.26 Å². The second-order valence-electron chi connectivity index (χ2n) is 6.27. The molecule has 0 spiro atoms. The fourth-order valence-corrected chi connectivity index (χ4v) is 3.25. The minimum Gasteiger partial charge on any atom is -0.487 e. The smallest absolute Gasteiger partial charge is 0.152 e. The van der Waals surface area contributed by atoms with Crippen molar-refractivity contribution in [2.75, 3.05) is 0 Å². The maximum Gasteiger partial charge on any atom is 0.152 e. The van der Waals surface area contributed by atoms with E-state index in [2.05, 4.69) is 19.9 Å². The lowest BCUT2D eigenvalue weighted by atomic mass is 9.73. The monoisotopic (exact) mass is 257 g/mol. The van der Waals surface area contributed by atoms with E-state index < -0.39 is 5.60 Å². The van der Waals surface area contributed by atoms with Crippen LogP contribution in [0.15, 0.2) is 24.3 Å². The van der Waals surface area contributed by atoms with Crippen molar-refractivity contribution in [3.05, 3.63) is 29.8 Å². The lowest BCUT2D eigenvalue weighted by molar-refractivity contribution is -0.169. The zero-order valence-electron chi connectivity index (χ0n) is 11.6. The molecule has 19 heavy (non-hydrogen) atoms. The molecule has 0 unspecified atom stereocenters. The third-order valence-electron chi connectivity index (χ3n) is 4.41. The molecule has 3 rings (SSSR count). The van der Waals surface area contributed by atoms with Crippen LogP contribution in [-0.4, -0.2) is 11.2 Å². The van der Waals surface area contributed by atoms with E-state index in [1.54, 1.807) is 0 Å². The highest BCUT2D eigenvalue weighted by atomic mass is 16.5. The average molecular weight is 257 g/mol. The fourth-order valence-electron chi connectivity index (χ4n) is 3.25. The Kier molecular flexibility index (Phi) is 2.62. The van der Waals surface area contributed by atoms with Crippen LogP contribution in [-0.2, 0) is 4.74 Å². The fraction of sp³-hybridized carbons (Fsp3) is 0.562. The van der Waals surface area contributed by atoms with Gasteiger partial charge in [-0.1, -0.05) is 18.2 Å². The first-order valence-electron chi connectivity index (χ1n) is 6.82. The minimum absolute atomic E-state index is 0.0432. The van der Waals surface area contributed by atoms with Gasteiger partial charge in [-0.25, -0.2) is 0 Å². The van der Waals surface area contributed by atoms with Gasteiger partial charge in [-0.2, -0.15) is 5.26 Å². The number of nitrogens with zero attached hydrogens (tertiary/aromatic N) is 1. The van der Waals surface area contributed by atoms with Gasteiger partial charge in [0.25, 0.3) is 0 Å². The topological polar surface area (TPSA) is 42.2 Å². The number of para-hydroxylation sites is 1. The van der Waals surface area contributed by atoms with Gasteiger partial charge in [-0.05, 0) is 39.7 Å². The van der Waals surface area contributed by atoms with Gasteiger partial charge in [0.1, 0.15) is 11.4 Å². The Hall–Kier alpha value is -1.53. The van der Waals surface area contributed by atoms with Crippen molar-refractivity contribution in [3.63, 3.8) is 0 Å². The molecule has 1 saturated heterocycles. The molecule has 0 saturated carbocycles. The summed E-state index contributed by atoms with van der Waals surface area (Å²) in [5, 5.41) is 9.31. The van der Waals surface area contributed by atoms with Gasteiger partial charge in [0.2, 0.25) is 0 Å². The van der Waals surface area contributed by atoms with E-state index in [4.69, 9.17) is 9.47 Å². The van der Waals surface area contributed by atoms with E-state index in [0.29, 0.717) is 5.92 Å². The van der Waals surface area contributed by atoms with Gasteiger partial charge in [-0.15, -0.1) is 0 Å². The zero-order chi connectivity index (χ0) is 13.7. The maximum atomic E-state index is 9.31. The summed E-state index contributed by atoms with van der Waals surface area (Å²) >= 11 is 0. The van der Waals surface area contributed by atoms with Crippen molar-refractivity contribution in [1.82, 2.24) is 0 Å². The Morgan fingerprint density at radius 2 is 2.00 bits per heavy atom. The van der Waals surface area contributed by atoms with Crippen molar-refractivity contribution in [1.29, 1.82) is 5.26 Å². The highest BCUT2D eigenvalue weighted by Crippen LogP contribution is 2.52. The normalized spacial score (nSPS) is 35.5. The van der Waals surface area contributed by atoms with Crippen LogP contribution in [0.5, 0.6) is 5.75 Å². The van der Waals surface area contributed by atoms with E-state index in [1.807, 2.05) is 31.2 Å². The quantitative estimate of drug-likeness (QED) is 0.713. The molecule has 3 heteroatoms. The van der Waals surface area contributed by atoms with Crippen molar-refractivity contribution in [2.45, 2.75) is 50.9 Å². The average Bonchev–Trinajstić information content (AvgIpc) is 2.38. The number of nitriles is 1. The van der Waals surface area contributed by atoms with Crippen molar-refractivity contribution in [3.8, 4) is 11.8 Å². The zero-order valence-corrected chi connectivity index (χ0v) is 11.6. The first kappa shape index (κ1) is 12.5. The van der Waals surface area contributed by atoms with Crippen molar-refractivity contribution >= 4 is 0 Å². The summed E-state index contributed by atoms with van der Waals surface area (Å²) in [6.45, 7) is 6.10. The van der Waals surface area contributed by atoms with Gasteiger partial charge in [0.15, 0.2) is 5.60 Å². The van der Waals surface area contributed by atoms with Crippen LogP contribution in [0.25, 0.3) is 0 Å². The molecule has 100 valence electrons. The van der Waals surface area contributed by atoms with E-state index >= 15 is 0 Å². The molecule has 2 aliphatic heterocycles. The van der Waals surface area contributed by atoms with Gasteiger partial charge in [0.05, 0.1) is 12.2 Å². The number of ether oxygens (including phenoxy) is 2. The van der Waals surface area contributed by atoms with Crippen LogP contribution in [0.4, 0.5) is 0 Å². The lowest BCUT2D eigenvalue weighted by Gasteiger charge is -2.49. The Labute approximate surface area is 114 Å². The Balaban J connectivity index is 2.06. The molecule has 3 nitrogen and oxygen atoms in total. The molecule has 0 amide bonds. The molecule has 3 atom stereocenters.